The van der Waals surface area contributed by atoms with E-state index in [4.69, 9.17) is 0 Å². The fraction of sp³-hybridized carbons (Fsp3) is 0.371. The summed E-state index contributed by atoms with van der Waals surface area (Å²) in [7, 11) is 1.50. The summed E-state index contributed by atoms with van der Waals surface area (Å²) in [5.74, 6) is -2.39. The number of likely N-dealkylation sites (N-methyl/N-ethyl adjacent to an activating group) is 1. The Hall–Kier alpha value is -5.46. The topological polar surface area (TPSA) is 162 Å². The second kappa shape index (κ2) is 15.0. The highest BCUT2D eigenvalue weighted by atomic mass is 16.2. The van der Waals surface area contributed by atoms with Crippen molar-refractivity contribution < 1.29 is 24.0 Å². The zero-order valence-corrected chi connectivity index (χ0v) is 27.7. The third-order valence-electron chi connectivity index (χ3n) is 8.71. The van der Waals surface area contributed by atoms with Gasteiger partial charge in [-0.3, -0.25) is 28.7 Å². The molecule has 2 aromatic carbocycles. The smallest absolute Gasteiger partial charge is 0.245 e. The van der Waals surface area contributed by atoms with Gasteiger partial charge in [0.1, 0.15) is 24.7 Å². The third-order valence-corrected chi connectivity index (χ3v) is 8.71. The molecule has 1 aliphatic rings. The summed E-state index contributed by atoms with van der Waals surface area (Å²) < 4.78 is 1.56. The van der Waals surface area contributed by atoms with Crippen LogP contribution >= 0.6 is 0 Å². The number of hydrogen-bond donors (Lipinski definition) is 4. The van der Waals surface area contributed by atoms with Gasteiger partial charge in [-0.1, -0.05) is 48.5 Å². The SMILES string of the molecule is Cc1cc(C)n(CC(=O)N2CCNC(=O)[C@H](Cc3ccccc3)NC(=O)[C@H](C)N(C)C(=O)[C@H](Cc3c[nH]c4ccccc34)NC(=O)C2)n1. The van der Waals surface area contributed by atoms with Gasteiger partial charge in [-0.2, -0.15) is 5.10 Å². The predicted molar refractivity (Wildman–Crippen MR) is 180 cm³/mol. The number of aromatic nitrogens is 3. The van der Waals surface area contributed by atoms with Gasteiger partial charge in [0.15, 0.2) is 0 Å². The molecule has 5 rings (SSSR count). The second-order valence-corrected chi connectivity index (χ2v) is 12.3. The van der Waals surface area contributed by atoms with E-state index in [1.165, 1.54) is 16.8 Å². The molecule has 0 saturated carbocycles. The fourth-order valence-corrected chi connectivity index (χ4v) is 5.89. The van der Waals surface area contributed by atoms with Gasteiger partial charge in [-0.15, -0.1) is 0 Å². The minimum Gasteiger partial charge on any atom is -0.361 e. The number of nitrogens with zero attached hydrogens (tertiary/aromatic N) is 4. The molecule has 0 radical (unpaired) electrons. The molecule has 13 nitrogen and oxygen atoms in total. The molecule has 4 N–H and O–H groups in total. The number of amides is 5. The fourth-order valence-electron chi connectivity index (χ4n) is 5.89. The highest BCUT2D eigenvalue weighted by molar-refractivity contribution is 5.95. The van der Waals surface area contributed by atoms with Gasteiger partial charge >= 0.3 is 0 Å². The van der Waals surface area contributed by atoms with Gasteiger partial charge in [0.2, 0.25) is 29.5 Å². The van der Waals surface area contributed by atoms with E-state index in [0.717, 1.165) is 33.4 Å². The Morgan fingerprint density at radius 2 is 1.65 bits per heavy atom. The molecule has 1 fully saturated rings. The van der Waals surface area contributed by atoms with Crippen molar-refractivity contribution in [3.8, 4) is 0 Å². The van der Waals surface area contributed by atoms with Crippen LogP contribution in [-0.2, 0) is 43.4 Å². The van der Waals surface area contributed by atoms with Gasteiger partial charge in [0, 0.05) is 55.8 Å². The van der Waals surface area contributed by atoms with Crippen LogP contribution in [0.2, 0.25) is 0 Å². The van der Waals surface area contributed by atoms with Crippen LogP contribution in [0.3, 0.4) is 0 Å². The van der Waals surface area contributed by atoms with Gasteiger partial charge in [0.25, 0.3) is 0 Å². The Bertz CT molecular complexity index is 1800. The summed E-state index contributed by atoms with van der Waals surface area (Å²) in [6.45, 7) is 4.83. The molecule has 1 saturated heterocycles. The molecular weight excluding hydrogens is 612 g/mol. The minimum atomic E-state index is -1.05. The number of H-pyrrole nitrogens is 1. The maximum absolute atomic E-state index is 14.0. The first-order chi connectivity index (χ1) is 23.0. The lowest BCUT2D eigenvalue weighted by molar-refractivity contribution is -0.142. The molecule has 252 valence electrons. The molecule has 0 bridgehead atoms. The normalized spacial score (nSPS) is 20.1. The van der Waals surface area contributed by atoms with Crippen molar-refractivity contribution in [3.63, 3.8) is 0 Å². The first-order valence-electron chi connectivity index (χ1n) is 16.0. The molecule has 5 amide bonds. The van der Waals surface area contributed by atoms with Crippen LogP contribution in [0.4, 0.5) is 0 Å². The van der Waals surface area contributed by atoms with E-state index < -0.39 is 41.8 Å². The summed E-state index contributed by atoms with van der Waals surface area (Å²) in [6, 6.07) is 15.8. The molecule has 3 atom stereocenters. The molecule has 4 aromatic rings. The van der Waals surface area contributed by atoms with E-state index in [9.17, 15) is 24.0 Å². The number of rotatable bonds is 6. The number of carbonyl (C=O) groups excluding carboxylic acids is 5. The average Bonchev–Trinajstić information content (AvgIpc) is 3.63. The third kappa shape index (κ3) is 8.08. The van der Waals surface area contributed by atoms with E-state index in [-0.39, 0.29) is 44.9 Å². The largest absolute Gasteiger partial charge is 0.361 e. The maximum Gasteiger partial charge on any atom is 0.245 e. The van der Waals surface area contributed by atoms with Crippen LogP contribution in [0.15, 0.2) is 66.9 Å². The Balaban J connectivity index is 1.45. The lowest BCUT2D eigenvalue weighted by Gasteiger charge is -2.30. The van der Waals surface area contributed by atoms with Crippen molar-refractivity contribution in [3.05, 3.63) is 89.4 Å². The molecule has 0 unspecified atom stereocenters. The van der Waals surface area contributed by atoms with Crippen LogP contribution in [0, 0.1) is 13.8 Å². The van der Waals surface area contributed by atoms with E-state index in [0.29, 0.717) is 0 Å². The number of aryl methyl sites for hydroxylation is 2. The highest BCUT2D eigenvalue weighted by Gasteiger charge is 2.33. The van der Waals surface area contributed by atoms with Crippen molar-refractivity contribution in [2.75, 3.05) is 26.7 Å². The van der Waals surface area contributed by atoms with Gasteiger partial charge in [-0.25, -0.2) is 0 Å². The Morgan fingerprint density at radius 1 is 0.917 bits per heavy atom. The first-order valence-corrected chi connectivity index (χ1v) is 16.0. The first kappa shape index (κ1) is 33.9. The van der Waals surface area contributed by atoms with Crippen molar-refractivity contribution in [1.29, 1.82) is 0 Å². The molecule has 0 spiro atoms. The van der Waals surface area contributed by atoms with Crippen LogP contribution < -0.4 is 16.0 Å². The Kier molecular flexibility index (Phi) is 10.6. The number of carbonyl (C=O) groups is 5. The number of hydrogen-bond acceptors (Lipinski definition) is 6. The quantitative estimate of drug-likeness (QED) is 0.245. The molecular formula is C35H42N8O5. The maximum atomic E-state index is 14.0. The summed E-state index contributed by atoms with van der Waals surface area (Å²) in [5, 5.41) is 13.8. The lowest BCUT2D eigenvalue weighted by Crippen LogP contribution is -2.57. The highest BCUT2D eigenvalue weighted by Crippen LogP contribution is 2.20. The summed E-state index contributed by atoms with van der Waals surface area (Å²) in [4.78, 5) is 74.0. The lowest BCUT2D eigenvalue weighted by atomic mass is 10.0. The summed E-state index contributed by atoms with van der Waals surface area (Å²) >= 11 is 0. The second-order valence-electron chi connectivity index (χ2n) is 12.3. The van der Waals surface area contributed by atoms with Crippen LogP contribution in [0.25, 0.3) is 10.9 Å². The number of aromatic amines is 1. The standard InChI is InChI=1S/C35H42N8O5/c1-22-16-23(2)43(40-22)21-32(45)42-15-14-36-34(47)29(17-25-10-6-5-7-11-25)39-33(46)24(3)41(4)35(48)30(38-31(44)20-42)18-26-19-37-28-13-9-8-12-27(26)28/h5-13,16,19,24,29-30,37H,14-15,17-18,20-21H2,1-4H3,(H,36,47)(H,38,44)(H,39,46)/t24-,29-,30-/m0/s1. The van der Waals surface area contributed by atoms with Gasteiger partial charge < -0.3 is 30.7 Å². The van der Waals surface area contributed by atoms with Gasteiger partial charge in [-0.05, 0) is 44.0 Å². The number of para-hydroxylation sites is 1. The summed E-state index contributed by atoms with van der Waals surface area (Å²) in [6.07, 6.45) is 2.15. The van der Waals surface area contributed by atoms with Crippen molar-refractivity contribution in [2.24, 2.45) is 0 Å². The van der Waals surface area contributed by atoms with Gasteiger partial charge in [0.05, 0.1) is 12.2 Å². The number of fused-ring (bicyclic) bond motifs is 1. The zero-order valence-electron chi connectivity index (χ0n) is 27.7. The summed E-state index contributed by atoms with van der Waals surface area (Å²) in [5.41, 5.74) is 4.07. The zero-order chi connectivity index (χ0) is 34.4. The van der Waals surface area contributed by atoms with E-state index >= 15 is 0 Å². The molecule has 1 aliphatic heterocycles. The minimum absolute atomic E-state index is 0.0145. The van der Waals surface area contributed by atoms with Crippen LogP contribution in [0.1, 0.15) is 29.4 Å². The van der Waals surface area contributed by atoms with Crippen molar-refractivity contribution in [2.45, 2.75) is 58.3 Å². The van der Waals surface area contributed by atoms with E-state index in [1.54, 1.807) is 17.8 Å². The number of nitrogens with one attached hydrogen (secondary N) is 4. The molecule has 13 heteroatoms. The Labute approximate surface area is 279 Å². The van der Waals surface area contributed by atoms with Crippen molar-refractivity contribution >= 4 is 40.4 Å². The average molecular weight is 655 g/mol. The molecule has 0 aliphatic carbocycles. The molecule has 3 heterocycles. The molecule has 48 heavy (non-hydrogen) atoms. The Morgan fingerprint density at radius 3 is 2.38 bits per heavy atom. The van der Waals surface area contributed by atoms with Crippen molar-refractivity contribution in [1.82, 2.24) is 40.5 Å². The van der Waals surface area contributed by atoms with E-state index in [2.05, 4.69) is 26.0 Å². The van der Waals surface area contributed by atoms with Crippen LogP contribution in [-0.4, -0.2) is 98.9 Å². The van der Waals surface area contributed by atoms with E-state index in [1.807, 2.05) is 74.5 Å². The predicted octanol–water partition coefficient (Wildman–Crippen LogP) is 1.24. The van der Waals surface area contributed by atoms with Crippen LogP contribution in [0.5, 0.6) is 0 Å². The molecule has 2 aromatic heterocycles. The monoisotopic (exact) mass is 654 g/mol. The number of benzene rings is 2.